The lowest BCUT2D eigenvalue weighted by molar-refractivity contribution is -0.386. The molecule has 0 aromatic heterocycles. The van der Waals surface area contributed by atoms with Gasteiger partial charge in [0.15, 0.2) is 5.75 Å². The summed E-state index contributed by atoms with van der Waals surface area (Å²) in [6.45, 7) is 3.84. The van der Waals surface area contributed by atoms with Gasteiger partial charge in [-0.1, -0.05) is 54.6 Å². The first-order chi connectivity index (χ1) is 13.5. The van der Waals surface area contributed by atoms with Gasteiger partial charge < -0.3 is 10.1 Å². The minimum Gasteiger partial charge on any atom is -0.469 e. The van der Waals surface area contributed by atoms with Crippen molar-refractivity contribution in [2.75, 3.05) is 5.32 Å². The van der Waals surface area contributed by atoms with Gasteiger partial charge in [-0.15, -0.1) is 0 Å². The Morgan fingerprint density at radius 1 is 1.00 bits per heavy atom. The number of nitro benzene ring substituents is 1. The van der Waals surface area contributed by atoms with Crippen LogP contribution in [0.15, 0.2) is 72.8 Å². The molecule has 3 aromatic rings. The average molecular weight is 376 g/mol. The summed E-state index contributed by atoms with van der Waals surface area (Å²) in [5.74, 6) is -0.365. The standard InChI is InChI=1S/C22H20N2O4/c1-15-12-13-16(2)18(14-15)23-22(25)21(17-8-4-3-5-9-17)28-20-11-7-6-10-19(20)24(26)27/h3-14,21H,1-2H3,(H,23,25)/t21-/m0/s1. The van der Waals surface area contributed by atoms with Crippen molar-refractivity contribution in [2.24, 2.45) is 0 Å². The zero-order valence-electron chi connectivity index (χ0n) is 15.6. The summed E-state index contributed by atoms with van der Waals surface area (Å²) in [5.41, 5.74) is 3.01. The number of rotatable bonds is 6. The van der Waals surface area contributed by atoms with E-state index in [-0.39, 0.29) is 11.4 Å². The van der Waals surface area contributed by atoms with Gasteiger partial charge in [0.1, 0.15) is 0 Å². The molecular formula is C22H20N2O4. The highest BCUT2D eigenvalue weighted by Crippen LogP contribution is 2.31. The molecule has 0 spiro atoms. The fourth-order valence-electron chi connectivity index (χ4n) is 2.80. The van der Waals surface area contributed by atoms with Crippen LogP contribution in [0, 0.1) is 24.0 Å². The number of hydrogen-bond acceptors (Lipinski definition) is 4. The second kappa shape index (κ2) is 8.35. The van der Waals surface area contributed by atoms with Gasteiger partial charge in [-0.3, -0.25) is 14.9 Å². The molecule has 6 heteroatoms. The molecule has 0 aliphatic carbocycles. The number of hydrogen-bond donors (Lipinski definition) is 1. The Morgan fingerprint density at radius 3 is 2.39 bits per heavy atom. The van der Waals surface area contributed by atoms with E-state index in [9.17, 15) is 14.9 Å². The summed E-state index contributed by atoms with van der Waals surface area (Å²) in [7, 11) is 0. The van der Waals surface area contributed by atoms with E-state index in [1.54, 1.807) is 36.4 Å². The van der Waals surface area contributed by atoms with Crippen molar-refractivity contribution in [3.8, 4) is 5.75 Å². The molecule has 0 aliphatic heterocycles. The molecule has 0 bridgehead atoms. The molecule has 0 heterocycles. The van der Waals surface area contributed by atoms with E-state index in [1.165, 1.54) is 12.1 Å². The van der Waals surface area contributed by atoms with Crippen LogP contribution in [-0.4, -0.2) is 10.8 Å². The fraction of sp³-hybridized carbons (Fsp3) is 0.136. The molecule has 0 aliphatic rings. The number of ether oxygens (including phenoxy) is 1. The molecule has 0 radical (unpaired) electrons. The Hall–Kier alpha value is -3.67. The summed E-state index contributed by atoms with van der Waals surface area (Å²) in [4.78, 5) is 23.8. The molecule has 28 heavy (non-hydrogen) atoms. The van der Waals surface area contributed by atoms with Gasteiger partial charge in [-0.25, -0.2) is 0 Å². The Morgan fingerprint density at radius 2 is 1.68 bits per heavy atom. The predicted molar refractivity (Wildman–Crippen MR) is 107 cm³/mol. The van der Waals surface area contributed by atoms with Crippen LogP contribution in [0.4, 0.5) is 11.4 Å². The van der Waals surface area contributed by atoms with Crippen molar-refractivity contribution in [1.29, 1.82) is 0 Å². The second-order valence-electron chi connectivity index (χ2n) is 6.44. The number of para-hydroxylation sites is 2. The fourth-order valence-corrected chi connectivity index (χ4v) is 2.80. The molecule has 0 saturated carbocycles. The number of nitrogens with one attached hydrogen (secondary N) is 1. The third-order valence-electron chi connectivity index (χ3n) is 4.30. The van der Waals surface area contributed by atoms with Crippen LogP contribution >= 0.6 is 0 Å². The van der Waals surface area contributed by atoms with Gasteiger partial charge in [-0.05, 0) is 37.1 Å². The molecule has 1 atom stereocenters. The van der Waals surface area contributed by atoms with Gasteiger partial charge in [-0.2, -0.15) is 0 Å². The van der Waals surface area contributed by atoms with Gasteiger partial charge >= 0.3 is 5.69 Å². The van der Waals surface area contributed by atoms with Crippen LogP contribution in [0.2, 0.25) is 0 Å². The van der Waals surface area contributed by atoms with Crippen LogP contribution < -0.4 is 10.1 Å². The van der Waals surface area contributed by atoms with E-state index in [4.69, 9.17) is 4.74 Å². The maximum Gasteiger partial charge on any atom is 0.310 e. The van der Waals surface area contributed by atoms with Crippen molar-refractivity contribution in [2.45, 2.75) is 20.0 Å². The highest BCUT2D eigenvalue weighted by molar-refractivity contribution is 5.95. The summed E-state index contributed by atoms with van der Waals surface area (Å²) in [6.07, 6.45) is -1.04. The molecule has 1 amide bonds. The van der Waals surface area contributed by atoms with E-state index in [1.807, 2.05) is 38.1 Å². The van der Waals surface area contributed by atoms with Crippen LogP contribution in [0.3, 0.4) is 0 Å². The molecule has 0 unspecified atom stereocenters. The van der Waals surface area contributed by atoms with Crippen molar-refractivity contribution in [3.05, 3.63) is 99.6 Å². The Bertz CT molecular complexity index is 1000. The largest absolute Gasteiger partial charge is 0.469 e. The average Bonchev–Trinajstić information content (AvgIpc) is 2.69. The van der Waals surface area contributed by atoms with Crippen molar-refractivity contribution in [1.82, 2.24) is 0 Å². The highest BCUT2D eigenvalue weighted by atomic mass is 16.6. The highest BCUT2D eigenvalue weighted by Gasteiger charge is 2.26. The number of amides is 1. The van der Waals surface area contributed by atoms with Gasteiger partial charge in [0, 0.05) is 17.3 Å². The predicted octanol–water partition coefficient (Wildman–Crippen LogP) is 4.97. The molecular weight excluding hydrogens is 356 g/mol. The monoisotopic (exact) mass is 376 g/mol. The summed E-state index contributed by atoms with van der Waals surface area (Å²) in [6, 6.07) is 20.7. The third kappa shape index (κ3) is 4.35. The van der Waals surface area contributed by atoms with E-state index in [0.717, 1.165) is 11.1 Å². The first kappa shape index (κ1) is 19.1. The zero-order valence-corrected chi connectivity index (χ0v) is 15.6. The number of aryl methyl sites for hydroxylation is 2. The van der Waals surface area contributed by atoms with Crippen LogP contribution in [0.25, 0.3) is 0 Å². The van der Waals surface area contributed by atoms with Crippen molar-refractivity contribution in [3.63, 3.8) is 0 Å². The van der Waals surface area contributed by atoms with E-state index in [2.05, 4.69) is 5.32 Å². The van der Waals surface area contributed by atoms with E-state index < -0.39 is 16.9 Å². The lowest BCUT2D eigenvalue weighted by Crippen LogP contribution is -2.26. The number of benzene rings is 3. The van der Waals surface area contributed by atoms with Crippen LogP contribution in [0.5, 0.6) is 5.75 Å². The molecule has 3 aromatic carbocycles. The summed E-state index contributed by atoms with van der Waals surface area (Å²) in [5, 5.41) is 14.2. The van der Waals surface area contributed by atoms with E-state index in [0.29, 0.717) is 11.3 Å². The number of carbonyl (C=O) groups excluding carboxylic acids is 1. The van der Waals surface area contributed by atoms with Gasteiger partial charge in [0.05, 0.1) is 4.92 Å². The lowest BCUT2D eigenvalue weighted by atomic mass is 10.1. The number of carbonyl (C=O) groups is 1. The third-order valence-corrected chi connectivity index (χ3v) is 4.30. The van der Waals surface area contributed by atoms with Gasteiger partial charge in [0.2, 0.25) is 6.10 Å². The smallest absolute Gasteiger partial charge is 0.310 e. The first-order valence-electron chi connectivity index (χ1n) is 8.79. The van der Waals surface area contributed by atoms with E-state index >= 15 is 0 Å². The summed E-state index contributed by atoms with van der Waals surface area (Å²) < 4.78 is 5.84. The molecule has 0 fully saturated rings. The Balaban J connectivity index is 1.95. The Kier molecular flexibility index (Phi) is 5.69. The zero-order chi connectivity index (χ0) is 20.1. The number of nitrogens with zero attached hydrogens (tertiary/aromatic N) is 1. The Labute approximate surface area is 162 Å². The number of anilines is 1. The number of nitro groups is 1. The lowest BCUT2D eigenvalue weighted by Gasteiger charge is -2.20. The quantitative estimate of drug-likeness (QED) is 0.486. The SMILES string of the molecule is Cc1ccc(C)c(NC(=O)[C@@H](Oc2ccccc2[N+](=O)[O-])c2ccccc2)c1. The van der Waals surface area contributed by atoms with Gasteiger partial charge in [0.25, 0.3) is 5.91 Å². The normalized spacial score (nSPS) is 11.5. The second-order valence-corrected chi connectivity index (χ2v) is 6.44. The molecule has 1 N–H and O–H groups in total. The van der Waals surface area contributed by atoms with Crippen molar-refractivity contribution >= 4 is 17.3 Å². The molecule has 6 nitrogen and oxygen atoms in total. The topological polar surface area (TPSA) is 81.5 Å². The van der Waals surface area contributed by atoms with Crippen LogP contribution in [-0.2, 0) is 4.79 Å². The van der Waals surface area contributed by atoms with Crippen LogP contribution in [0.1, 0.15) is 22.8 Å². The minimum absolute atomic E-state index is 0.0393. The molecule has 142 valence electrons. The molecule has 3 rings (SSSR count). The maximum absolute atomic E-state index is 13.1. The molecule has 0 saturated heterocycles. The maximum atomic E-state index is 13.1. The first-order valence-corrected chi connectivity index (χ1v) is 8.79. The van der Waals surface area contributed by atoms with Crippen molar-refractivity contribution < 1.29 is 14.5 Å². The summed E-state index contributed by atoms with van der Waals surface area (Å²) >= 11 is 0. The minimum atomic E-state index is -1.04.